The van der Waals surface area contributed by atoms with Crippen LogP contribution in [0.1, 0.15) is 20.7 Å². The number of hydrogen-bond donors (Lipinski definition) is 3. The standard InChI is InChI=1S/C8H6O4.C3H4N2.Na.H2O.H/c9-7(10)5-2-1-3-6(4-5)8(11)12;1-2-4-5-3-1;;;/h1-4H,(H,9,10)(H,11,12);1-3H,(H,4,5);;1H2;. The van der Waals surface area contributed by atoms with Crippen molar-refractivity contribution in [2.75, 3.05) is 0 Å². The average molecular weight is 276 g/mol. The summed E-state index contributed by atoms with van der Waals surface area (Å²) in [6.45, 7) is 0. The molecule has 5 N–H and O–H groups in total. The monoisotopic (exact) mass is 276 g/mol. The van der Waals surface area contributed by atoms with Gasteiger partial charge in [-0.15, -0.1) is 0 Å². The first kappa shape index (κ1) is 19.7. The summed E-state index contributed by atoms with van der Waals surface area (Å²) in [5.41, 5.74) is -0.0372. The van der Waals surface area contributed by atoms with Gasteiger partial charge in [0.25, 0.3) is 0 Å². The first-order chi connectivity index (χ1) is 8.11. The van der Waals surface area contributed by atoms with Gasteiger partial charge in [0.1, 0.15) is 0 Å². The van der Waals surface area contributed by atoms with Crippen LogP contribution >= 0.6 is 0 Å². The Bertz CT molecular complexity index is 455. The Hall–Kier alpha value is -1.67. The van der Waals surface area contributed by atoms with E-state index in [0.717, 1.165) is 6.07 Å². The largest absolute Gasteiger partial charge is 0.286 e. The van der Waals surface area contributed by atoms with Crippen LogP contribution in [0.4, 0.5) is 0 Å². The Morgan fingerprint density at radius 3 is 1.84 bits per heavy atom. The maximum atomic E-state index is 10.4. The van der Waals surface area contributed by atoms with Crippen LogP contribution in [0, 0.1) is 0 Å². The second kappa shape index (κ2) is 10.3. The van der Waals surface area contributed by atoms with E-state index in [0.29, 0.717) is 0 Å². The first-order valence-electron chi connectivity index (χ1n) is 4.61. The van der Waals surface area contributed by atoms with Gasteiger partial charge in [0, 0.05) is 12.4 Å². The Morgan fingerprint density at radius 2 is 1.58 bits per heavy atom. The molecule has 0 bridgehead atoms. The number of carbonyl (C=O) groups is 2. The molecule has 0 saturated carbocycles. The summed E-state index contributed by atoms with van der Waals surface area (Å²) >= 11 is 0. The summed E-state index contributed by atoms with van der Waals surface area (Å²) in [7, 11) is 0. The molecular formula is C11H13N2NaO5. The topological polar surface area (TPSA) is 135 Å². The summed E-state index contributed by atoms with van der Waals surface area (Å²) < 4.78 is 0. The van der Waals surface area contributed by atoms with Gasteiger partial charge in [0.15, 0.2) is 0 Å². The summed E-state index contributed by atoms with van der Waals surface area (Å²) in [5, 5.41) is 23.2. The smallest absolute Gasteiger partial charge is 0.0487 e. The summed E-state index contributed by atoms with van der Waals surface area (Å²) in [4.78, 5) is 20.8. The van der Waals surface area contributed by atoms with Crippen molar-refractivity contribution in [3.05, 3.63) is 53.9 Å². The van der Waals surface area contributed by atoms with E-state index < -0.39 is 11.9 Å². The molecule has 0 unspecified atom stereocenters. The number of nitrogens with one attached hydrogen (secondary N) is 1. The summed E-state index contributed by atoms with van der Waals surface area (Å²) in [6, 6.07) is 7.03. The second-order valence-corrected chi connectivity index (χ2v) is 2.96. The third-order valence-corrected chi connectivity index (χ3v) is 1.76. The van der Waals surface area contributed by atoms with E-state index in [9.17, 15) is 9.59 Å². The van der Waals surface area contributed by atoms with Gasteiger partial charge in [-0.1, -0.05) is 6.07 Å². The molecule has 0 amide bonds. The van der Waals surface area contributed by atoms with E-state index in [2.05, 4.69) is 10.2 Å². The molecule has 2 rings (SSSR count). The number of carboxylic acid groups (broad SMARTS) is 2. The Morgan fingerprint density at radius 1 is 1.05 bits per heavy atom. The number of carboxylic acids is 2. The number of nitrogens with zero attached hydrogens (tertiary/aromatic N) is 1. The molecular weight excluding hydrogens is 263 g/mol. The molecule has 0 atom stereocenters. The molecule has 0 aliphatic heterocycles. The average Bonchev–Trinajstić information content (AvgIpc) is 2.87. The number of H-pyrrole nitrogens is 1. The Labute approximate surface area is 130 Å². The van der Waals surface area contributed by atoms with Crippen molar-refractivity contribution >= 4 is 41.5 Å². The molecule has 1 heterocycles. The molecule has 98 valence electrons. The van der Waals surface area contributed by atoms with E-state index in [1.807, 2.05) is 6.07 Å². The fourth-order valence-corrected chi connectivity index (χ4v) is 1.00. The number of benzene rings is 1. The Kier molecular flexibility index (Phi) is 10.6. The molecule has 2 aromatic rings. The van der Waals surface area contributed by atoms with Gasteiger partial charge in [-0.3, -0.25) is 5.10 Å². The van der Waals surface area contributed by atoms with Crippen molar-refractivity contribution in [2.24, 2.45) is 0 Å². The van der Waals surface area contributed by atoms with Crippen molar-refractivity contribution < 1.29 is 25.3 Å². The van der Waals surface area contributed by atoms with E-state index in [-0.39, 0.29) is 46.2 Å². The predicted molar refractivity (Wildman–Crippen MR) is 69.7 cm³/mol. The van der Waals surface area contributed by atoms with Crippen molar-refractivity contribution in [3.63, 3.8) is 0 Å². The van der Waals surface area contributed by atoms with Gasteiger partial charge in [-0.05, 0) is 24.3 Å². The van der Waals surface area contributed by atoms with Crippen LogP contribution < -0.4 is 0 Å². The molecule has 1 aromatic heterocycles. The van der Waals surface area contributed by atoms with Gasteiger partial charge in [0.2, 0.25) is 0 Å². The molecule has 7 nitrogen and oxygen atoms in total. The minimum absolute atomic E-state index is 0. The van der Waals surface area contributed by atoms with Crippen molar-refractivity contribution in [2.45, 2.75) is 0 Å². The molecule has 8 heteroatoms. The maximum Gasteiger partial charge on any atom is 0.0487 e. The van der Waals surface area contributed by atoms with Crippen LogP contribution in [0.2, 0.25) is 0 Å². The zero-order valence-electron chi connectivity index (χ0n) is 9.20. The van der Waals surface area contributed by atoms with Crippen LogP contribution in [-0.4, -0.2) is 67.4 Å². The zero-order valence-corrected chi connectivity index (χ0v) is 9.20. The van der Waals surface area contributed by atoms with E-state index >= 15 is 0 Å². The van der Waals surface area contributed by atoms with Gasteiger partial charge in [-0.25, -0.2) is 9.59 Å². The molecule has 0 aliphatic carbocycles. The van der Waals surface area contributed by atoms with Crippen molar-refractivity contribution in [1.29, 1.82) is 0 Å². The third-order valence-electron chi connectivity index (χ3n) is 1.76. The number of aromatic amines is 1. The number of aromatic carboxylic acids is 2. The van der Waals surface area contributed by atoms with Crippen LogP contribution in [0.15, 0.2) is 42.7 Å². The molecule has 19 heavy (non-hydrogen) atoms. The van der Waals surface area contributed by atoms with Crippen molar-refractivity contribution in [1.82, 2.24) is 10.2 Å². The van der Waals surface area contributed by atoms with Crippen LogP contribution in [0.5, 0.6) is 0 Å². The second-order valence-electron chi connectivity index (χ2n) is 2.96. The van der Waals surface area contributed by atoms with E-state index in [4.69, 9.17) is 10.2 Å². The minimum atomic E-state index is -1.13. The van der Waals surface area contributed by atoms with Gasteiger partial charge in [-0.2, -0.15) is 5.10 Å². The normalized spacial score (nSPS) is 8.00. The maximum absolute atomic E-state index is 10.4. The fraction of sp³-hybridized carbons (Fsp3) is 0. The third kappa shape index (κ3) is 7.37. The summed E-state index contributed by atoms with van der Waals surface area (Å²) in [5.74, 6) is -2.25. The van der Waals surface area contributed by atoms with Crippen molar-refractivity contribution in [3.8, 4) is 0 Å². The quantitative estimate of drug-likeness (QED) is 0.664. The number of aromatic nitrogens is 2. The van der Waals surface area contributed by atoms with Crippen LogP contribution in [-0.2, 0) is 0 Å². The van der Waals surface area contributed by atoms with Crippen LogP contribution in [0.25, 0.3) is 0 Å². The fourth-order valence-electron chi connectivity index (χ4n) is 1.00. The molecule has 0 saturated heterocycles. The molecule has 0 aliphatic rings. The molecule has 1 aromatic carbocycles. The molecule has 0 spiro atoms. The number of hydrogen-bond acceptors (Lipinski definition) is 3. The Balaban J connectivity index is 0. The SMILES string of the molecule is O.O=C(O)c1cccc(C(=O)O)c1.[NaH].c1cn[nH]c1. The molecule has 0 fully saturated rings. The summed E-state index contributed by atoms with van der Waals surface area (Å²) in [6.07, 6.45) is 3.46. The van der Waals surface area contributed by atoms with Gasteiger partial charge >= 0.3 is 41.5 Å². The first-order valence-corrected chi connectivity index (χ1v) is 4.61. The van der Waals surface area contributed by atoms with Crippen LogP contribution in [0.3, 0.4) is 0 Å². The van der Waals surface area contributed by atoms with Gasteiger partial charge < -0.3 is 15.7 Å². The number of rotatable bonds is 2. The van der Waals surface area contributed by atoms with Gasteiger partial charge in [0.05, 0.1) is 11.1 Å². The van der Waals surface area contributed by atoms with E-state index in [1.165, 1.54) is 18.2 Å². The van der Waals surface area contributed by atoms with E-state index in [1.54, 1.807) is 12.4 Å². The predicted octanol–water partition coefficient (Wildman–Crippen LogP) is 0.0195. The minimum Gasteiger partial charge on any atom is -0.286 e. The molecule has 0 radical (unpaired) electrons. The zero-order chi connectivity index (χ0) is 12.7.